The number of anilines is 11. The number of aromatic hydroxyl groups is 1. The minimum atomic E-state index is -3.83. The number of carbonyl (C=O) groups is 4. The average Bonchev–Trinajstić information content (AvgIpc) is 0.804. The molecule has 6 aliphatic heterocycles. The predicted octanol–water partition coefficient (Wildman–Crippen LogP) is 15.1. The van der Waals surface area contributed by atoms with Crippen LogP contribution in [0.25, 0.3) is 0 Å². The summed E-state index contributed by atoms with van der Waals surface area (Å²) in [6, 6.07) is 52.5. The average molecular weight is 2150 g/mol. The molecule has 18 rings (SSSR count). The van der Waals surface area contributed by atoms with E-state index in [0.29, 0.717) is 115 Å². The van der Waals surface area contributed by atoms with Crippen LogP contribution in [0.15, 0.2) is 257 Å². The summed E-state index contributed by atoms with van der Waals surface area (Å²) in [4.78, 5) is 99.8. The molecule has 46 heteroatoms. The van der Waals surface area contributed by atoms with Gasteiger partial charge in [0.05, 0.1) is 49.5 Å². The summed E-state index contributed by atoms with van der Waals surface area (Å²) in [7, 11) is -13.7. The standard InChI is InChI=1S/C27H29Cl2N5O3S.C27H31ClN6O4S.C23H25ClN6O4S.C22H21F2N5O3S.7H2/c1-19(34-13-3-4-20-18-21(28)6-11-25(20)34)27(35)33-16-14-32(15-17-33)22-7-9-23(10-8-22)38(36,37)31-24-5-2-12-30-26(24)29;1-19(34-11-3-4-20-16-21(28)5-10-24(20)34)27(35)33-14-12-32(13-15-33)22-6-8-23(9-7-22)39(36,37)31-25-17-26(38-2)30-18-29-25;1-16(27-21-7-4-18(31)14-20(21)24)23(32)30-12-10-29(11-13-30)17-2-5-19(6-3-17)35(33,34)28-22-8-9-25-15-26-22;23-17-2-1-16(20(24)14-17)13-22(30)29-11-9-28(10-12-29)18-3-5-19(6-4-18)33(31,32)27-21-7-8-25-15-26-21;;;;;;;/h2,5-12,18-19,31H,3-4,13-17H2,1H3;5-10,16-19H,3-4,11-15H2,1-2H3,(H,29,30,31);2-9,14-16,27,31H,10-13H2,1H3,(H,25,26,28);1-8,14-15H,9-13H2,(H,25,26,27);7*1H/t2*19-;;;;;;;;;/m11........./s1. The van der Waals surface area contributed by atoms with E-state index in [1.165, 1.54) is 104 Å². The van der Waals surface area contributed by atoms with Crippen LogP contribution in [-0.4, -0.2) is 260 Å². The van der Waals surface area contributed by atoms with E-state index in [4.69, 9.17) is 51.1 Å². The second kappa shape index (κ2) is 47.4. The van der Waals surface area contributed by atoms with Crippen molar-refractivity contribution in [2.45, 2.75) is 90.6 Å². The molecule has 12 aromatic rings. The lowest BCUT2D eigenvalue weighted by Crippen LogP contribution is -2.55. The Morgan fingerprint density at radius 3 is 1.22 bits per heavy atom. The van der Waals surface area contributed by atoms with E-state index in [0.717, 1.165) is 95.1 Å². The number of aryl methyl sites for hydroxylation is 2. The highest BCUT2D eigenvalue weighted by molar-refractivity contribution is 7.93. The molecule has 0 bridgehead atoms. The molecule has 8 aromatic carbocycles. The van der Waals surface area contributed by atoms with Crippen LogP contribution in [0.1, 0.15) is 60.3 Å². The summed E-state index contributed by atoms with van der Waals surface area (Å²) < 4.78 is 143. The van der Waals surface area contributed by atoms with Gasteiger partial charge < -0.3 is 64.2 Å². The first-order chi connectivity index (χ1) is 69.5. The number of hydrogen-bond donors (Lipinski definition) is 6. The summed E-state index contributed by atoms with van der Waals surface area (Å²) in [5.74, 6) is -0.635. The van der Waals surface area contributed by atoms with Crippen LogP contribution in [0.4, 0.5) is 71.7 Å². The third kappa shape index (κ3) is 27.1. The van der Waals surface area contributed by atoms with Crippen molar-refractivity contribution in [2.24, 2.45) is 0 Å². The number of carbonyl (C=O) groups excluding carboxylic acids is 4. The van der Waals surface area contributed by atoms with Crippen molar-refractivity contribution in [3.63, 3.8) is 0 Å². The van der Waals surface area contributed by atoms with E-state index in [-0.39, 0.29) is 117 Å². The van der Waals surface area contributed by atoms with Gasteiger partial charge in [0, 0.05) is 209 Å². The SMILES string of the molecule is CC(Nc1ccc(O)cc1Cl)C(=O)N1CCN(c2ccc(S(=O)(=O)Nc3ccncn3)cc2)CC1.COc1cc(NS(=O)(=O)c2ccc(N3CCN(C(=O)[C@@H](C)N4CCCc5cc(Cl)ccc54)CC3)cc2)ncn1.C[C@H](C(=O)N1CCN(c2ccc(S(=O)(=O)Nc3cccnc3Cl)cc2)CC1)N1CCCc2cc(Cl)ccc21.O=C(Cc1ccc(F)cc1F)N1CCN(c2ccc(S(=O)(=O)Nc3ccncn3)cc2)CC1.[HH].[HH].[HH].[HH].[HH].[HH].[HH]. The summed E-state index contributed by atoms with van der Waals surface area (Å²) in [6.45, 7) is 16.7. The van der Waals surface area contributed by atoms with Crippen LogP contribution in [0.2, 0.25) is 20.2 Å². The number of hydrogen-bond acceptors (Lipinski definition) is 28. The van der Waals surface area contributed by atoms with E-state index >= 15 is 0 Å². The maximum Gasteiger partial charge on any atom is 0.263 e. The van der Waals surface area contributed by atoms with Gasteiger partial charge in [-0.25, -0.2) is 77.3 Å². The molecule has 0 radical (unpaired) electrons. The number of piperazine rings is 4. The Kier molecular flexibility index (Phi) is 34.5. The van der Waals surface area contributed by atoms with Crippen molar-refractivity contribution < 1.29 is 81.5 Å². The number of sulfonamides is 4. The van der Waals surface area contributed by atoms with E-state index in [2.05, 4.69) is 83.6 Å². The number of methoxy groups -OCH3 is 1. The van der Waals surface area contributed by atoms with Crippen molar-refractivity contribution in [3.05, 3.63) is 286 Å². The van der Waals surface area contributed by atoms with Gasteiger partial charge >= 0.3 is 0 Å². The minimum absolute atomic E-state index is 0. The summed E-state index contributed by atoms with van der Waals surface area (Å²) in [5, 5.41) is 14.5. The Balaban J connectivity index is 0.000000243. The largest absolute Gasteiger partial charge is 0.508 e. The lowest BCUT2D eigenvalue weighted by molar-refractivity contribution is -0.133. The second-order valence-corrected chi connectivity index (χ2v) is 43.0. The zero-order valence-corrected chi connectivity index (χ0v) is 85.6. The number of amides is 4. The van der Waals surface area contributed by atoms with E-state index in [1.807, 2.05) is 64.9 Å². The van der Waals surface area contributed by atoms with Crippen molar-refractivity contribution >= 4 is 173 Å². The number of benzene rings is 8. The zero-order valence-electron chi connectivity index (χ0n) is 79.3. The van der Waals surface area contributed by atoms with Gasteiger partial charge in [0.1, 0.15) is 71.9 Å². The van der Waals surface area contributed by atoms with Crippen LogP contribution in [-0.2, 0) is 78.5 Å². The number of aromatic nitrogens is 7. The van der Waals surface area contributed by atoms with Crippen LogP contribution < -0.4 is 58.3 Å². The predicted molar refractivity (Wildman–Crippen MR) is 570 cm³/mol. The molecule has 4 fully saturated rings. The first-order valence-electron chi connectivity index (χ1n) is 46.5. The van der Waals surface area contributed by atoms with Crippen LogP contribution >= 0.6 is 46.4 Å². The minimum Gasteiger partial charge on any atom is -0.508 e. The Bertz CT molecular complexity index is 7110. The fourth-order valence-corrected chi connectivity index (χ4v) is 22.4. The van der Waals surface area contributed by atoms with Gasteiger partial charge in [-0.1, -0.05) is 52.5 Å². The van der Waals surface area contributed by atoms with Crippen LogP contribution in [0.3, 0.4) is 0 Å². The van der Waals surface area contributed by atoms with E-state index in [9.17, 15) is 66.7 Å². The van der Waals surface area contributed by atoms with Gasteiger partial charge in [-0.2, -0.15) is 0 Å². The summed E-state index contributed by atoms with van der Waals surface area (Å²) in [6.07, 6.45) is 11.9. The molecule has 10 heterocycles. The normalized spacial score (nSPS) is 15.6. The molecular formula is C99H120Cl4F2N22O14S4. The quantitative estimate of drug-likeness (QED) is 0.0217. The topological polar surface area (TPSA) is 417 Å². The highest BCUT2D eigenvalue weighted by atomic mass is 35.5. The molecule has 4 saturated heterocycles. The highest BCUT2D eigenvalue weighted by Gasteiger charge is 2.36. The third-order valence-electron chi connectivity index (χ3n) is 25.3. The molecule has 1 unspecified atom stereocenters. The lowest BCUT2D eigenvalue weighted by atomic mass is 10.00. The van der Waals surface area contributed by atoms with Crippen molar-refractivity contribution in [1.29, 1.82) is 0 Å². The molecule has 6 aliphatic rings. The Hall–Kier alpha value is -13.8. The van der Waals surface area contributed by atoms with Crippen LogP contribution in [0, 0.1) is 11.6 Å². The molecule has 0 spiro atoms. The van der Waals surface area contributed by atoms with Gasteiger partial charge in [0.25, 0.3) is 40.1 Å². The number of phenolic OH excluding ortho intramolecular Hbond substituents is 1. The Morgan fingerprint density at radius 2 is 0.821 bits per heavy atom. The lowest BCUT2D eigenvalue weighted by Gasteiger charge is -2.41. The van der Waals surface area contributed by atoms with E-state index in [1.54, 1.807) is 120 Å². The molecule has 6 N–H and O–H groups in total. The third-order valence-corrected chi connectivity index (χ3v) is 31.9. The smallest absolute Gasteiger partial charge is 0.263 e. The maximum atomic E-state index is 13.8. The fourth-order valence-electron chi connectivity index (χ4n) is 17.5. The number of nitrogens with zero attached hydrogens (tertiary/aromatic N) is 17. The van der Waals surface area contributed by atoms with Gasteiger partial charge in [0.2, 0.25) is 29.5 Å². The van der Waals surface area contributed by atoms with E-state index < -0.39 is 57.8 Å². The Labute approximate surface area is 870 Å². The van der Waals surface area contributed by atoms with Gasteiger partial charge in [0.15, 0.2) is 5.15 Å². The van der Waals surface area contributed by atoms with Gasteiger partial charge in [-0.15, -0.1) is 0 Å². The van der Waals surface area contributed by atoms with Crippen molar-refractivity contribution in [1.82, 2.24) is 54.5 Å². The molecule has 145 heavy (non-hydrogen) atoms. The number of halogens is 6. The number of pyridine rings is 1. The molecule has 36 nitrogen and oxygen atoms in total. The molecule has 776 valence electrons. The first-order valence-corrected chi connectivity index (χ1v) is 53.9. The molecule has 0 aliphatic carbocycles. The van der Waals surface area contributed by atoms with Gasteiger partial charge in [-0.05, 0) is 239 Å². The molecular weight excluding hydrogens is 2030 g/mol. The summed E-state index contributed by atoms with van der Waals surface area (Å²) in [5.41, 5.74) is 9.05. The van der Waals surface area contributed by atoms with Gasteiger partial charge in [-0.3, -0.25) is 38.1 Å². The number of phenols is 1. The summed E-state index contributed by atoms with van der Waals surface area (Å²) >= 11 is 24.5. The fraction of sp³-hybridized carbons (Fsp3) is 0.303. The van der Waals surface area contributed by atoms with Crippen molar-refractivity contribution in [3.8, 4) is 11.6 Å². The van der Waals surface area contributed by atoms with Crippen LogP contribution in [0.5, 0.6) is 11.6 Å². The monoisotopic (exact) mass is 2150 g/mol. The molecule has 4 amide bonds. The molecule has 4 aromatic heterocycles. The number of ether oxygens (including phenoxy) is 1. The molecule has 0 saturated carbocycles. The Morgan fingerprint density at radius 1 is 0.414 bits per heavy atom. The second-order valence-electron chi connectivity index (χ2n) is 34.6. The van der Waals surface area contributed by atoms with Crippen molar-refractivity contribution in [2.75, 3.05) is 179 Å². The first kappa shape index (κ1) is 106. The zero-order chi connectivity index (χ0) is 103. The highest BCUT2D eigenvalue weighted by Crippen LogP contribution is 2.37. The number of fused-ring (bicyclic) bond motifs is 2. The number of nitrogens with one attached hydrogen (secondary N) is 5. The molecule has 3 atom stereocenters. The number of rotatable bonds is 26. The maximum absolute atomic E-state index is 13.8.